The van der Waals surface area contributed by atoms with Crippen molar-refractivity contribution in [2.75, 3.05) is 47.5 Å². The van der Waals surface area contributed by atoms with Gasteiger partial charge in [-0.1, -0.05) is 116 Å². The fourth-order valence-corrected chi connectivity index (χ4v) is 7.37. The van der Waals surface area contributed by atoms with Gasteiger partial charge in [0.1, 0.15) is 31.3 Å². The number of rotatable bonds is 39. The van der Waals surface area contributed by atoms with Crippen LogP contribution in [0.3, 0.4) is 0 Å². The van der Waals surface area contributed by atoms with Crippen molar-refractivity contribution in [2.24, 2.45) is 0 Å². The Morgan fingerprint density at radius 2 is 1.18 bits per heavy atom. The molecule has 0 fully saturated rings. The van der Waals surface area contributed by atoms with Crippen molar-refractivity contribution in [3.8, 4) is 0 Å². The molecule has 0 aromatic carbocycles. The number of quaternary nitrogens is 1. The van der Waals surface area contributed by atoms with Gasteiger partial charge in [-0.05, 0) is 76.0 Å². The van der Waals surface area contributed by atoms with Crippen molar-refractivity contribution in [2.45, 2.75) is 194 Å². The van der Waals surface area contributed by atoms with Crippen molar-refractivity contribution in [3.05, 3.63) is 47.0 Å². The van der Waals surface area contributed by atoms with Crippen LogP contribution in [0, 0.1) is 13.8 Å². The van der Waals surface area contributed by atoms with Crippen LogP contribution in [0.4, 0.5) is 0 Å². The van der Waals surface area contributed by atoms with Crippen LogP contribution in [0.5, 0.6) is 0 Å². The number of hydrogen-bond donors (Lipinski definition) is 0. The molecule has 1 unspecified atom stereocenters. The summed E-state index contributed by atoms with van der Waals surface area (Å²) in [6.45, 7) is 8.33. The number of ether oxygens (including phenoxy) is 2. The lowest BCUT2D eigenvalue weighted by molar-refractivity contribution is -0.870. The lowest BCUT2D eigenvalue weighted by Gasteiger charge is -2.28. The van der Waals surface area contributed by atoms with Gasteiger partial charge in [-0.15, -0.1) is 0 Å². The molecule has 0 amide bonds. The Balaban J connectivity index is 2.38. The zero-order chi connectivity index (χ0) is 44.5. The smallest absolute Gasteiger partial charge is 0.306 e. The molecule has 0 saturated heterocycles. The zero-order valence-electron chi connectivity index (χ0n) is 38.9. The summed E-state index contributed by atoms with van der Waals surface area (Å²) >= 11 is 0. The molecule has 1 aromatic heterocycles. The van der Waals surface area contributed by atoms with E-state index >= 15 is 0 Å². The van der Waals surface area contributed by atoms with E-state index in [1.807, 2.05) is 33.3 Å². The van der Waals surface area contributed by atoms with E-state index in [4.69, 9.17) is 22.9 Å². The molecule has 12 heteroatoms. The summed E-state index contributed by atoms with van der Waals surface area (Å²) in [5, 5.41) is 0. The largest absolute Gasteiger partial charge is 0.756 e. The molecule has 0 aliphatic carbocycles. The van der Waals surface area contributed by atoms with Gasteiger partial charge in [0.15, 0.2) is 11.9 Å². The molecule has 346 valence electrons. The SMILES string of the molecule is CCCCC/C=C\C=C\C(=O)CCCCCCCC(=O)OC[C@H](COP(=O)([O-])OCC[N+](C)(C)C)OC(=O)CCCCCCCCCCc1oc(CCCCC)c(C)c1C. The van der Waals surface area contributed by atoms with Gasteiger partial charge in [0.2, 0.25) is 0 Å². The Labute approximate surface area is 364 Å². The Kier molecular flexibility index (Phi) is 31.4. The van der Waals surface area contributed by atoms with Crippen molar-refractivity contribution in [1.82, 2.24) is 0 Å². The molecule has 0 aliphatic rings. The highest BCUT2D eigenvalue weighted by Gasteiger charge is 2.22. The Hall–Kier alpha value is -2.56. The highest BCUT2D eigenvalue weighted by molar-refractivity contribution is 7.45. The first-order valence-electron chi connectivity index (χ1n) is 23.4. The van der Waals surface area contributed by atoms with E-state index in [9.17, 15) is 23.8 Å². The van der Waals surface area contributed by atoms with Crippen LogP contribution >= 0.6 is 7.82 Å². The molecule has 60 heavy (non-hydrogen) atoms. The summed E-state index contributed by atoms with van der Waals surface area (Å²) in [6, 6.07) is 0. The number of aryl methyl sites for hydroxylation is 2. The van der Waals surface area contributed by atoms with Gasteiger partial charge in [0, 0.05) is 32.1 Å². The summed E-state index contributed by atoms with van der Waals surface area (Å²) in [6.07, 6.45) is 29.9. The third-order valence-electron chi connectivity index (χ3n) is 10.7. The van der Waals surface area contributed by atoms with Crippen LogP contribution in [0.2, 0.25) is 0 Å². The highest BCUT2D eigenvalue weighted by Crippen LogP contribution is 2.38. The number of phosphoric acid groups is 1. The van der Waals surface area contributed by atoms with Crippen molar-refractivity contribution in [1.29, 1.82) is 0 Å². The van der Waals surface area contributed by atoms with Crippen LogP contribution in [0.1, 0.15) is 184 Å². The average Bonchev–Trinajstić information content (AvgIpc) is 3.46. The van der Waals surface area contributed by atoms with Crippen molar-refractivity contribution < 1.29 is 51.3 Å². The summed E-state index contributed by atoms with van der Waals surface area (Å²) in [4.78, 5) is 49.8. The monoisotopic (exact) mass is 866 g/mol. The van der Waals surface area contributed by atoms with Gasteiger partial charge in [-0.2, -0.15) is 0 Å². The van der Waals surface area contributed by atoms with Crippen LogP contribution in [-0.2, 0) is 50.3 Å². The van der Waals surface area contributed by atoms with Crippen LogP contribution in [0.25, 0.3) is 0 Å². The first-order valence-corrected chi connectivity index (χ1v) is 24.8. The van der Waals surface area contributed by atoms with Crippen LogP contribution < -0.4 is 4.89 Å². The molecule has 11 nitrogen and oxygen atoms in total. The second-order valence-corrected chi connectivity index (χ2v) is 18.8. The summed E-state index contributed by atoms with van der Waals surface area (Å²) in [5.74, 6) is 1.49. The number of ketones is 1. The van der Waals surface area contributed by atoms with Crippen molar-refractivity contribution >= 4 is 25.5 Å². The minimum absolute atomic E-state index is 0.0572. The number of nitrogens with zero attached hydrogens (tertiary/aromatic N) is 1. The maximum absolute atomic E-state index is 12.8. The number of unbranched alkanes of at least 4 members (excludes halogenated alkanes) is 16. The van der Waals surface area contributed by atoms with E-state index in [0.717, 1.165) is 88.6 Å². The van der Waals surface area contributed by atoms with Crippen molar-refractivity contribution in [3.63, 3.8) is 0 Å². The van der Waals surface area contributed by atoms with Crippen LogP contribution in [-0.4, -0.2) is 75.8 Å². The molecule has 0 spiro atoms. The predicted molar refractivity (Wildman–Crippen MR) is 240 cm³/mol. The Bertz CT molecular complexity index is 1410. The molecule has 0 aliphatic heterocycles. The Morgan fingerprint density at radius 1 is 0.667 bits per heavy atom. The molecule has 0 bridgehead atoms. The lowest BCUT2D eigenvalue weighted by atomic mass is 10.0. The minimum Gasteiger partial charge on any atom is -0.756 e. The molecule has 1 heterocycles. The highest BCUT2D eigenvalue weighted by atomic mass is 31.2. The number of esters is 2. The first kappa shape index (κ1) is 55.5. The van der Waals surface area contributed by atoms with Gasteiger partial charge in [0.25, 0.3) is 7.82 Å². The number of allylic oxidation sites excluding steroid dienone is 4. The van der Waals surface area contributed by atoms with E-state index in [1.165, 1.54) is 62.5 Å². The van der Waals surface area contributed by atoms with E-state index < -0.39 is 32.5 Å². The van der Waals surface area contributed by atoms with Gasteiger partial charge in [-0.3, -0.25) is 18.9 Å². The average molecular weight is 866 g/mol. The third-order valence-corrected chi connectivity index (χ3v) is 11.6. The number of carbonyl (C=O) groups excluding carboxylic acids is 3. The van der Waals surface area contributed by atoms with E-state index in [-0.39, 0.29) is 31.8 Å². The molecular formula is C48H84NO10P. The van der Waals surface area contributed by atoms with Gasteiger partial charge < -0.3 is 32.3 Å². The third kappa shape index (κ3) is 30.5. The predicted octanol–water partition coefficient (Wildman–Crippen LogP) is 11.3. The number of likely N-dealkylation sites (N-methyl/N-ethyl adjacent to an activating group) is 1. The van der Waals surface area contributed by atoms with E-state index in [0.29, 0.717) is 30.3 Å². The normalized spacial score (nSPS) is 13.6. The minimum atomic E-state index is -4.67. The molecule has 1 rings (SSSR count). The topological polar surface area (TPSA) is 141 Å². The van der Waals surface area contributed by atoms with Gasteiger partial charge in [-0.25, -0.2) is 0 Å². The number of furan rings is 1. The fraction of sp³-hybridized carbons (Fsp3) is 0.771. The number of phosphoric ester groups is 1. The molecule has 0 radical (unpaired) electrons. The molecular weight excluding hydrogens is 781 g/mol. The lowest BCUT2D eigenvalue weighted by Crippen LogP contribution is -2.37. The summed E-state index contributed by atoms with van der Waals surface area (Å²) in [7, 11) is 1.08. The molecule has 1 aromatic rings. The number of hydrogen-bond acceptors (Lipinski definition) is 10. The van der Waals surface area contributed by atoms with Gasteiger partial charge in [0.05, 0.1) is 27.7 Å². The second-order valence-electron chi connectivity index (χ2n) is 17.4. The van der Waals surface area contributed by atoms with E-state index in [2.05, 4.69) is 33.8 Å². The fourth-order valence-electron chi connectivity index (χ4n) is 6.64. The first-order chi connectivity index (χ1) is 28.7. The maximum atomic E-state index is 12.8. The van der Waals surface area contributed by atoms with Crippen LogP contribution in [0.15, 0.2) is 28.7 Å². The Morgan fingerprint density at radius 3 is 1.77 bits per heavy atom. The second kappa shape index (κ2) is 34.0. The summed E-state index contributed by atoms with van der Waals surface area (Å²) < 4.78 is 40.1. The van der Waals surface area contributed by atoms with Gasteiger partial charge >= 0.3 is 11.9 Å². The summed E-state index contributed by atoms with van der Waals surface area (Å²) in [5.41, 5.74) is 2.64. The molecule has 0 saturated carbocycles. The quantitative estimate of drug-likeness (QED) is 0.0157. The standard InChI is InChI=1S/C48H84NO10P/c1-8-10-12-13-16-20-26-31-43(50)32-27-21-19-24-29-35-47(51)55-39-44(40-57-60(53,54)56-38-37-49(5,6)7)58-48(52)36-30-23-18-15-14-17-22-28-34-46-42(4)41(3)45(59-46)33-25-11-9-2/h16,20,26,31,44H,8-15,17-19,21-25,27-30,32-40H2,1-7H3/b20-16-,31-26+/t44-/m1/s1. The molecule has 0 N–H and O–H groups in total. The molecule has 2 atom stereocenters. The number of carbonyl (C=O) groups is 3. The maximum Gasteiger partial charge on any atom is 0.306 e. The zero-order valence-corrected chi connectivity index (χ0v) is 39.8. The van der Waals surface area contributed by atoms with E-state index in [1.54, 1.807) is 6.08 Å².